The van der Waals surface area contributed by atoms with E-state index in [0.29, 0.717) is 0 Å². The molecule has 0 saturated carbocycles. The Kier molecular flexibility index (Phi) is 3.86. The second-order valence-corrected chi connectivity index (χ2v) is 5.16. The normalized spacial score (nSPS) is 13.4. The summed E-state index contributed by atoms with van der Waals surface area (Å²) in [6.45, 7) is 0. The van der Waals surface area contributed by atoms with E-state index < -0.39 is 29.5 Å². The maximum atomic E-state index is 12.6. The minimum atomic E-state index is -4.99. The minimum Gasteiger partial charge on any atom is -0.493 e. The molecule has 0 aliphatic carbocycles. The van der Waals surface area contributed by atoms with Crippen LogP contribution in [0.1, 0.15) is 20.7 Å². The Balaban J connectivity index is 2.21. The van der Waals surface area contributed by atoms with Crippen molar-refractivity contribution in [1.82, 2.24) is 9.88 Å². The maximum Gasteiger partial charge on any atom is 0.573 e. The number of ether oxygens (including phenoxy) is 2. The maximum absolute atomic E-state index is 12.6. The number of rotatable bonds is 3. The standard InChI is InChI=1S/C15H10F3N3O5/c1-25-8-3-2-6(4-9(8)26-15(16,17)18)21-10(22)5-7-11(12(21)19)14(24)20-13(7)23/h2-5H,19H2,1H3,(H,20,23,24). The highest BCUT2D eigenvalue weighted by atomic mass is 19.4. The molecule has 11 heteroatoms. The first-order chi connectivity index (χ1) is 12.1. The molecular formula is C15H10F3N3O5. The first-order valence-corrected chi connectivity index (χ1v) is 6.97. The van der Waals surface area contributed by atoms with Crippen molar-refractivity contribution < 1.29 is 32.2 Å². The van der Waals surface area contributed by atoms with Gasteiger partial charge in [-0.1, -0.05) is 0 Å². The molecule has 0 unspecified atom stereocenters. The fraction of sp³-hybridized carbons (Fsp3) is 0.133. The third-order valence-electron chi connectivity index (χ3n) is 3.58. The summed E-state index contributed by atoms with van der Waals surface area (Å²) in [7, 11) is 1.14. The van der Waals surface area contributed by atoms with Gasteiger partial charge in [-0.15, -0.1) is 13.2 Å². The smallest absolute Gasteiger partial charge is 0.493 e. The van der Waals surface area contributed by atoms with Gasteiger partial charge >= 0.3 is 6.36 Å². The zero-order valence-electron chi connectivity index (χ0n) is 13.0. The van der Waals surface area contributed by atoms with Crippen molar-refractivity contribution in [2.75, 3.05) is 12.8 Å². The molecule has 2 aromatic rings. The van der Waals surface area contributed by atoms with E-state index in [1.54, 1.807) is 0 Å². The number of aromatic nitrogens is 1. The van der Waals surface area contributed by atoms with Gasteiger partial charge in [-0.25, -0.2) is 0 Å². The Hall–Kier alpha value is -3.50. The summed E-state index contributed by atoms with van der Waals surface area (Å²) in [6.07, 6.45) is -4.99. The molecule has 0 saturated heterocycles. The minimum absolute atomic E-state index is 0.109. The molecule has 2 amide bonds. The Morgan fingerprint density at radius 2 is 1.77 bits per heavy atom. The number of hydrogen-bond donors (Lipinski definition) is 2. The van der Waals surface area contributed by atoms with Crippen LogP contribution in [0.3, 0.4) is 0 Å². The molecule has 0 atom stereocenters. The van der Waals surface area contributed by atoms with Crippen molar-refractivity contribution in [3.63, 3.8) is 0 Å². The highest BCUT2D eigenvalue weighted by Crippen LogP contribution is 2.34. The van der Waals surface area contributed by atoms with Gasteiger partial charge in [-0.05, 0) is 12.1 Å². The van der Waals surface area contributed by atoms with Crippen LogP contribution in [0.2, 0.25) is 0 Å². The largest absolute Gasteiger partial charge is 0.573 e. The Morgan fingerprint density at radius 1 is 1.08 bits per heavy atom. The van der Waals surface area contributed by atoms with E-state index in [1.165, 1.54) is 6.07 Å². The number of carbonyl (C=O) groups is 2. The predicted octanol–water partition coefficient (Wildman–Crippen LogP) is 1.21. The average molecular weight is 369 g/mol. The molecule has 1 aromatic carbocycles. The molecule has 3 N–H and O–H groups in total. The lowest BCUT2D eigenvalue weighted by Crippen LogP contribution is -2.24. The van der Waals surface area contributed by atoms with Crippen LogP contribution < -0.4 is 26.1 Å². The number of fused-ring (bicyclic) bond motifs is 1. The van der Waals surface area contributed by atoms with Gasteiger partial charge in [-0.2, -0.15) is 0 Å². The van der Waals surface area contributed by atoms with E-state index in [-0.39, 0.29) is 28.4 Å². The lowest BCUT2D eigenvalue weighted by molar-refractivity contribution is -0.275. The molecule has 0 spiro atoms. The lowest BCUT2D eigenvalue weighted by atomic mass is 10.1. The lowest BCUT2D eigenvalue weighted by Gasteiger charge is -2.16. The summed E-state index contributed by atoms with van der Waals surface area (Å²) < 4.78 is 47.2. The number of nitrogens with two attached hydrogens (primary N) is 1. The topological polar surface area (TPSA) is 113 Å². The van der Waals surface area contributed by atoms with E-state index in [2.05, 4.69) is 4.74 Å². The van der Waals surface area contributed by atoms with Gasteiger partial charge in [0.25, 0.3) is 17.4 Å². The van der Waals surface area contributed by atoms with Crippen molar-refractivity contribution in [3.8, 4) is 17.2 Å². The van der Waals surface area contributed by atoms with Gasteiger partial charge in [0.2, 0.25) is 0 Å². The first kappa shape index (κ1) is 17.3. The van der Waals surface area contributed by atoms with E-state index in [1.807, 2.05) is 5.32 Å². The molecule has 3 rings (SSSR count). The van der Waals surface area contributed by atoms with Crippen molar-refractivity contribution in [2.45, 2.75) is 6.36 Å². The third kappa shape index (κ3) is 2.83. The van der Waals surface area contributed by atoms with Crippen molar-refractivity contribution in [1.29, 1.82) is 0 Å². The SMILES string of the molecule is COc1ccc(-n2c(N)c3c(cc2=O)C(=O)NC3=O)cc1OC(F)(F)F. The van der Waals surface area contributed by atoms with Gasteiger partial charge in [0.05, 0.1) is 23.9 Å². The van der Waals surface area contributed by atoms with Crippen LogP contribution >= 0.6 is 0 Å². The molecular weight excluding hydrogens is 359 g/mol. The average Bonchev–Trinajstić information content (AvgIpc) is 2.80. The molecule has 0 fully saturated rings. The van der Waals surface area contributed by atoms with E-state index in [4.69, 9.17) is 10.5 Å². The molecule has 8 nitrogen and oxygen atoms in total. The number of benzene rings is 1. The summed E-state index contributed by atoms with van der Waals surface area (Å²) in [5, 5.41) is 1.99. The predicted molar refractivity (Wildman–Crippen MR) is 81.5 cm³/mol. The molecule has 136 valence electrons. The van der Waals surface area contributed by atoms with Gasteiger partial charge in [-0.3, -0.25) is 24.3 Å². The number of carbonyl (C=O) groups excluding carboxylic acids is 2. The number of anilines is 1. The highest BCUT2D eigenvalue weighted by molar-refractivity contribution is 6.23. The number of nitrogens with one attached hydrogen (secondary N) is 1. The van der Waals surface area contributed by atoms with Gasteiger partial charge < -0.3 is 15.2 Å². The molecule has 1 aliphatic rings. The molecule has 2 heterocycles. The summed E-state index contributed by atoms with van der Waals surface area (Å²) >= 11 is 0. The van der Waals surface area contributed by atoms with Crippen LogP contribution in [-0.4, -0.2) is 29.9 Å². The molecule has 1 aliphatic heterocycles. The zero-order valence-corrected chi connectivity index (χ0v) is 13.0. The van der Waals surface area contributed by atoms with Crippen molar-refractivity contribution >= 4 is 17.6 Å². The summed E-state index contributed by atoms with van der Waals surface area (Å²) in [5.41, 5.74) is 4.47. The monoisotopic (exact) mass is 369 g/mol. The number of imide groups is 1. The second kappa shape index (κ2) is 5.79. The van der Waals surface area contributed by atoms with Gasteiger partial charge in [0, 0.05) is 12.1 Å². The molecule has 0 radical (unpaired) electrons. The quantitative estimate of drug-likeness (QED) is 0.787. The number of alkyl halides is 3. The Morgan fingerprint density at radius 3 is 2.38 bits per heavy atom. The Labute approximate surface area is 142 Å². The highest BCUT2D eigenvalue weighted by Gasteiger charge is 2.34. The zero-order chi connectivity index (χ0) is 19.2. The third-order valence-corrected chi connectivity index (χ3v) is 3.58. The number of hydrogen-bond acceptors (Lipinski definition) is 6. The molecule has 0 bridgehead atoms. The van der Waals surface area contributed by atoms with Gasteiger partial charge in [0.1, 0.15) is 5.82 Å². The van der Waals surface area contributed by atoms with Crippen LogP contribution in [0.25, 0.3) is 5.69 Å². The van der Waals surface area contributed by atoms with Crippen molar-refractivity contribution in [2.24, 2.45) is 0 Å². The summed E-state index contributed by atoms with van der Waals surface area (Å²) in [5.74, 6) is -2.91. The molecule has 26 heavy (non-hydrogen) atoms. The number of amides is 2. The number of nitrogen functional groups attached to an aromatic ring is 1. The number of nitrogens with zero attached hydrogens (tertiary/aromatic N) is 1. The fourth-order valence-electron chi connectivity index (χ4n) is 2.55. The van der Waals surface area contributed by atoms with E-state index in [9.17, 15) is 27.6 Å². The van der Waals surface area contributed by atoms with Crippen LogP contribution in [0.5, 0.6) is 11.5 Å². The summed E-state index contributed by atoms with van der Waals surface area (Å²) in [6, 6.07) is 4.15. The van der Waals surface area contributed by atoms with E-state index in [0.717, 1.165) is 29.9 Å². The number of halogens is 3. The van der Waals surface area contributed by atoms with E-state index >= 15 is 0 Å². The first-order valence-electron chi connectivity index (χ1n) is 6.97. The fourth-order valence-corrected chi connectivity index (χ4v) is 2.55. The molecule has 1 aromatic heterocycles. The number of methoxy groups -OCH3 is 1. The summed E-state index contributed by atoms with van der Waals surface area (Å²) in [4.78, 5) is 35.8. The number of pyridine rings is 1. The Bertz CT molecular complexity index is 997. The van der Waals surface area contributed by atoms with Crippen molar-refractivity contribution in [3.05, 3.63) is 45.7 Å². The van der Waals surface area contributed by atoms with Crippen LogP contribution in [0.15, 0.2) is 29.1 Å². The second-order valence-electron chi connectivity index (χ2n) is 5.16. The van der Waals surface area contributed by atoms with Crippen LogP contribution in [0.4, 0.5) is 19.0 Å². The van der Waals surface area contributed by atoms with Crippen LogP contribution in [0, 0.1) is 0 Å². The van der Waals surface area contributed by atoms with Crippen LogP contribution in [-0.2, 0) is 0 Å². The van der Waals surface area contributed by atoms with Gasteiger partial charge in [0.15, 0.2) is 11.5 Å².